The first-order valence-electron chi connectivity index (χ1n) is 8.69. The molecule has 0 fully saturated rings. The van der Waals surface area contributed by atoms with Gasteiger partial charge >= 0.3 is 0 Å². The number of nitrogens with two attached hydrogens (primary N) is 1. The number of fused-ring (bicyclic) bond motifs is 1. The SMILES string of the molecule is Cc1ccccc1-c1cc2cc(Nc3cnn(CC(F)F)c3)ncc2c(N)n1. The molecule has 4 rings (SSSR count). The summed E-state index contributed by atoms with van der Waals surface area (Å²) >= 11 is 0. The molecular formula is C20H18F2N6. The highest BCUT2D eigenvalue weighted by Gasteiger charge is 2.10. The molecule has 0 saturated carbocycles. The molecule has 6 nitrogen and oxygen atoms in total. The van der Waals surface area contributed by atoms with Crippen LogP contribution in [-0.2, 0) is 6.54 Å². The zero-order chi connectivity index (χ0) is 19.7. The third-order valence-electron chi connectivity index (χ3n) is 4.40. The first kappa shape index (κ1) is 17.8. The van der Waals surface area contributed by atoms with E-state index in [4.69, 9.17) is 5.73 Å². The summed E-state index contributed by atoms with van der Waals surface area (Å²) in [4.78, 5) is 8.85. The Morgan fingerprint density at radius 3 is 2.79 bits per heavy atom. The Labute approximate surface area is 160 Å². The lowest BCUT2D eigenvalue weighted by Gasteiger charge is -2.10. The van der Waals surface area contributed by atoms with E-state index >= 15 is 0 Å². The molecule has 4 aromatic rings. The van der Waals surface area contributed by atoms with Crippen LogP contribution in [0.5, 0.6) is 0 Å². The number of alkyl halides is 2. The maximum atomic E-state index is 12.5. The maximum absolute atomic E-state index is 12.5. The largest absolute Gasteiger partial charge is 0.383 e. The molecule has 0 spiro atoms. The molecule has 0 atom stereocenters. The lowest BCUT2D eigenvalue weighted by atomic mass is 10.0. The van der Waals surface area contributed by atoms with E-state index in [-0.39, 0.29) is 0 Å². The third-order valence-corrected chi connectivity index (χ3v) is 4.40. The van der Waals surface area contributed by atoms with Gasteiger partial charge in [-0.2, -0.15) is 5.10 Å². The van der Waals surface area contributed by atoms with Crippen molar-refractivity contribution in [2.75, 3.05) is 11.1 Å². The summed E-state index contributed by atoms with van der Waals surface area (Å²) in [7, 11) is 0. The van der Waals surface area contributed by atoms with Crippen molar-refractivity contribution in [1.82, 2.24) is 19.7 Å². The van der Waals surface area contributed by atoms with Crippen molar-refractivity contribution in [2.45, 2.75) is 19.9 Å². The van der Waals surface area contributed by atoms with E-state index < -0.39 is 13.0 Å². The minimum absolute atomic E-state index is 0.402. The van der Waals surface area contributed by atoms with Gasteiger partial charge in [-0.25, -0.2) is 18.7 Å². The molecule has 3 heterocycles. The van der Waals surface area contributed by atoms with Crippen molar-refractivity contribution < 1.29 is 8.78 Å². The zero-order valence-corrected chi connectivity index (χ0v) is 15.1. The second kappa shape index (κ2) is 7.22. The minimum atomic E-state index is -2.46. The molecule has 0 aliphatic heterocycles. The van der Waals surface area contributed by atoms with Gasteiger partial charge in [-0.15, -0.1) is 0 Å². The van der Waals surface area contributed by atoms with Crippen LogP contribution in [-0.4, -0.2) is 26.2 Å². The van der Waals surface area contributed by atoms with E-state index in [0.29, 0.717) is 17.3 Å². The minimum Gasteiger partial charge on any atom is -0.383 e. The molecule has 142 valence electrons. The molecule has 0 saturated heterocycles. The van der Waals surface area contributed by atoms with Crippen LogP contribution >= 0.6 is 0 Å². The van der Waals surface area contributed by atoms with Crippen LogP contribution in [0.15, 0.2) is 55.0 Å². The summed E-state index contributed by atoms with van der Waals surface area (Å²) < 4.78 is 26.1. The normalized spacial score (nSPS) is 11.3. The highest BCUT2D eigenvalue weighted by molar-refractivity contribution is 5.94. The van der Waals surface area contributed by atoms with Crippen LogP contribution in [0.3, 0.4) is 0 Å². The lowest BCUT2D eigenvalue weighted by molar-refractivity contribution is 0.122. The van der Waals surface area contributed by atoms with Crippen LogP contribution in [0.4, 0.5) is 26.1 Å². The fourth-order valence-corrected chi connectivity index (χ4v) is 3.06. The number of aryl methyl sites for hydroxylation is 1. The van der Waals surface area contributed by atoms with Crippen molar-refractivity contribution in [3.8, 4) is 11.3 Å². The molecule has 1 aromatic carbocycles. The Bertz CT molecular complexity index is 1140. The Balaban J connectivity index is 1.68. The summed E-state index contributed by atoms with van der Waals surface area (Å²) in [6.07, 6.45) is 2.18. The average molecular weight is 380 g/mol. The van der Waals surface area contributed by atoms with Crippen molar-refractivity contribution in [3.63, 3.8) is 0 Å². The standard InChI is InChI=1S/C20H18F2N6/c1-12-4-2-3-5-15(12)17-6-13-7-19(24-9-16(13)20(23)27-17)26-14-8-25-28(10-14)11-18(21)22/h2-10,18H,11H2,1H3,(H2,23,27)(H,24,26). The van der Waals surface area contributed by atoms with Crippen molar-refractivity contribution >= 4 is 28.1 Å². The van der Waals surface area contributed by atoms with Gasteiger partial charge in [0.15, 0.2) is 0 Å². The molecule has 28 heavy (non-hydrogen) atoms. The van der Waals surface area contributed by atoms with E-state index in [0.717, 1.165) is 27.6 Å². The molecule has 0 radical (unpaired) electrons. The molecule has 0 aliphatic rings. The summed E-state index contributed by atoms with van der Waals surface area (Å²) in [5.41, 5.74) is 9.61. The zero-order valence-electron chi connectivity index (χ0n) is 15.1. The predicted molar refractivity (Wildman–Crippen MR) is 106 cm³/mol. The topological polar surface area (TPSA) is 81.7 Å². The van der Waals surface area contributed by atoms with Gasteiger partial charge in [0.2, 0.25) is 0 Å². The number of rotatable bonds is 5. The number of aromatic nitrogens is 4. The van der Waals surface area contributed by atoms with E-state index in [2.05, 4.69) is 20.4 Å². The van der Waals surface area contributed by atoms with Crippen molar-refractivity contribution in [1.29, 1.82) is 0 Å². The second-order valence-corrected chi connectivity index (χ2v) is 6.47. The van der Waals surface area contributed by atoms with E-state index in [1.54, 1.807) is 6.20 Å². The van der Waals surface area contributed by atoms with Crippen LogP contribution < -0.4 is 11.1 Å². The molecule has 0 bridgehead atoms. The third kappa shape index (κ3) is 3.62. The van der Waals surface area contributed by atoms with E-state index in [1.807, 2.05) is 43.3 Å². The first-order valence-corrected chi connectivity index (χ1v) is 8.69. The first-order chi connectivity index (χ1) is 13.5. The van der Waals surface area contributed by atoms with Crippen molar-refractivity contribution in [3.05, 3.63) is 60.6 Å². The van der Waals surface area contributed by atoms with Gasteiger partial charge in [-0.05, 0) is 30.0 Å². The molecule has 8 heteroatoms. The number of hydrogen-bond donors (Lipinski definition) is 2. The van der Waals surface area contributed by atoms with Gasteiger partial charge in [0.1, 0.15) is 18.2 Å². The highest BCUT2D eigenvalue weighted by Crippen LogP contribution is 2.29. The van der Waals surface area contributed by atoms with Gasteiger partial charge in [0, 0.05) is 23.3 Å². The number of pyridine rings is 2. The second-order valence-electron chi connectivity index (χ2n) is 6.47. The molecule has 0 aliphatic carbocycles. The molecular weight excluding hydrogens is 362 g/mol. The van der Waals surface area contributed by atoms with Gasteiger partial charge < -0.3 is 11.1 Å². The van der Waals surface area contributed by atoms with Crippen LogP contribution in [0.2, 0.25) is 0 Å². The quantitative estimate of drug-likeness (QED) is 0.537. The summed E-state index contributed by atoms with van der Waals surface area (Å²) in [5.74, 6) is 0.963. The van der Waals surface area contributed by atoms with Crippen LogP contribution in [0, 0.1) is 6.92 Å². The fraction of sp³-hybridized carbons (Fsp3) is 0.150. The molecule has 0 unspecified atom stereocenters. The Morgan fingerprint density at radius 1 is 1.18 bits per heavy atom. The van der Waals surface area contributed by atoms with E-state index in [1.165, 1.54) is 17.1 Å². The number of halogens is 2. The number of benzene rings is 1. The summed E-state index contributed by atoms with van der Waals surface area (Å²) in [6, 6.07) is 11.8. The monoisotopic (exact) mass is 380 g/mol. The summed E-state index contributed by atoms with van der Waals surface area (Å²) in [5, 5.41) is 8.61. The smallest absolute Gasteiger partial charge is 0.257 e. The van der Waals surface area contributed by atoms with Crippen LogP contribution in [0.25, 0.3) is 22.0 Å². The molecule has 3 aromatic heterocycles. The van der Waals surface area contributed by atoms with Gasteiger partial charge in [-0.1, -0.05) is 24.3 Å². The van der Waals surface area contributed by atoms with Gasteiger partial charge in [0.25, 0.3) is 6.43 Å². The Morgan fingerprint density at radius 2 is 2.00 bits per heavy atom. The number of nitrogens with zero attached hydrogens (tertiary/aromatic N) is 4. The Kier molecular flexibility index (Phi) is 4.60. The Hall–Kier alpha value is -3.55. The summed E-state index contributed by atoms with van der Waals surface area (Å²) in [6.45, 7) is 1.57. The number of nitrogens with one attached hydrogen (secondary N) is 1. The maximum Gasteiger partial charge on any atom is 0.257 e. The van der Waals surface area contributed by atoms with Crippen LogP contribution in [0.1, 0.15) is 5.56 Å². The fourth-order valence-electron chi connectivity index (χ4n) is 3.06. The molecule has 3 N–H and O–H groups in total. The predicted octanol–water partition coefficient (Wildman–Crippen LogP) is 4.39. The average Bonchev–Trinajstić information content (AvgIpc) is 3.07. The van der Waals surface area contributed by atoms with E-state index in [9.17, 15) is 8.78 Å². The van der Waals surface area contributed by atoms with Gasteiger partial charge in [-0.3, -0.25) is 4.68 Å². The van der Waals surface area contributed by atoms with Gasteiger partial charge in [0.05, 0.1) is 17.6 Å². The highest BCUT2D eigenvalue weighted by atomic mass is 19.3. The lowest BCUT2D eigenvalue weighted by Crippen LogP contribution is -2.06. The number of hydrogen-bond acceptors (Lipinski definition) is 5. The van der Waals surface area contributed by atoms with Crippen molar-refractivity contribution in [2.24, 2.45) is 0 Å². The number of anilines is 3. The molecule has 0 amide bonds. The number of nitrogen functional groups attached to an aromatic ring is 1.